The van der Waals surface area contributed by atoms with Gasteiger partial charge in [-0.05, 0) is 23.6 Å². The molecule has 0 unspecified atom stereocenters. The Balaban J connectivity index is 1.37. The molecule has 4 rings (SSSR count). The number of nitrogens with zero attached hydrogens (tertiary/aromatic N) is 1. The van der Waals surface area contributed by atoms with Crippen LogP contribution in [-0.2, 0) is 9.53 Å². The fourth-order valence-electron chi connectivity index (χ4n) is 2.99. The van der Waals surface area contributed by atoms with Gasteiger partial charge in [0, 0.05) is 5.39 Å². The lowest BCUT2D eigenvalue weighted by Crippen LogP contribution is -2.34. The lowest BCUT2D eigenvalue weighted by atomic mass is 10.1. The van der Waals surface area contributed by atoms with E-state index in [0.29, 0.717) is 16.9 Å². The summed E-state index contributed by atoms with van der Waals surface area (Å²) in [5, 5.41) is 1.88. The number of imide groups is 1. The van der Waals surface area contributed by atoms with Crippen molar-refractivity contribution in [2.45, 2.75) is 0 Å². The topological polar surface area (TPSA) is 72.9 Å². The maximum absolute atomic E-state index is 12.2. The zero-order valence-corrected chi connectivity index (χ0v) is 14.3. The van der Waals surface area contributed by atoms with E-state index in [9.17, 15) is 14.4 Å². The molecular formula is C21H15NO5. The Bertz CT molecular complexity index is 1020. The van der Waals surface area contributed by atoms with Crippen molar-refractivity contribution in [1.29, 1.82) is 0 Å². The minimum Gasteiger partial charge on any atom is -0.481 e. The fraction of sp³-hybridized carbons (Fsp3) is 0.0952. The summed E-state index contributed by atoms with van der Waals surface area (Å²) in [6.45, 7) is -0.763. The first kappa shape index (κ1) is 16.8. The van der Waals surface area contributed by atoms with Gasteiger partial charge in [-0.1, -0.05) is 48.5 Å². The third-order valence-electron chi connectivity index (χ3n) is 4.33. The second-order valence-corrected chi connectivity index (χ2v) is 6.00. The van der Waals surface area contributed by atoms with Crippen LogP contribution in [0.4, 0.5) is 0 Å². The van der Waals surface area contributed by atoms with E-state index >= 15 is 0 Å². The molecule has 6 nitrogen and oxygen atoms in total. The summed E-state index contributed by atoms with van der Waals surface area (Å²) in [6, 6.07) is 19.7. The quantitative estimate of drug-likeness (QED) is 0.516. The summed E-state index contributed by atoms with van der Waals surface area (Å²) in [4.78, 5) is 37.4. The van der Waals surface area contributed by atoms with Crippen LogP contribution in [-0.4, -0.2) is 36.0 Å². The number of carbonyl (C=O) groups excluding carboxylic acids is 3. The van der Waals surface area contributed by atoms with E-state index in [1.54, 1.807) is 30.3 Å². The van der Waals surface area contributed by atoms with Gasteiger partial charge in [0.15, 0.2) is 13.3 Å². The van der Waals surface area contributed by atoms with E-state index in [1.807, 2.05) is 36.4 Å². The summed E-state index contributed by atoms with van der Waals surface area (Å²) in [7, 11) is 0. The molecule has 1 aliphatic rings. The summed E-state index contributed by atoms with van der Waals surface area (Å²) >= 11 is 0. The average molecular weight is 361 g/mol. The molecule has 1 heterocycles. The molecule has 0 radical (unpaired) electrons. The molecule has 3 aromatic carbocycles. The zero-order valence-electron chi connectivity index (χ0n) is 14.3. The van der Waals surface area contributed by atoms with Gasteiger partial charge in [0.1, 0.15) is 5.75 Å². The number of fused-ring (bicyclic) bond motifs is 2. The van der Waals surface area contributed by atoms with Crippen molar-refractivity contribution in [3.63, 3.8) is 0 Å². The molecule has 0 aromatic heterocycles. The van der Waals surface area contributed by atoms with Crippen LogP contribution in [0.2, 0.25) is 0 Å². The zero-order chi connectivity index (χ0) is 18.8. The Kier molecular flexibility index (Phi) is 4.30. The van der Waals surface area contributed by atoms with Crippen LogP contribution in [0.5, 0.6) is 5.75 Å². The van der Waals surface area contributed by atoms with Crippen LogP contribution < -0.4 is 4.74 Å². The van der Waals surface area contributed by atoms with Crippen LogP contribution in [0, 0.1) is 0 Å². The van der Waals surface area contributed by atoms with Gasteiger partial charge in [-0.25, -0.2) is 9.69 Å². The summed E-state index contributed by atoms with van der Waals surface area (Å²) in [5.74, 6) is -1.05. The van der Waals surface area contributed by atoms with Crippen molar-refractivity contribution in [2.75, 3.05) is 13.3 Å². The van der Waals surface area contributed by atoms with E-state index in [2.05, 4.69) is 0 Å². The largest absolute Gasteiger partial charge is 0.481 e. The van der Waals surface area contributed by atoms with Crippen LogP contribution in [0.25, 0.3) is 10.8 Å². The Morgan fingerprint density at radius 2 is 1.44 bits per heavy atom. The average Bonchev–Trinajstić information content (AvgIpc) is 2.95. The van der Waals surface area contributed by atoms with Crippen LogP contribution in [0.15, 0.2) is 66.7 Å². The highest BCUT2D eigenvalue weighted by Crippen LogP contribution is 2.25. The molecule has 0 saturated carbocycles. The number of esters is 1. The summed E-state index contributed by atoms with van der Waals surface area (Å²) in [5.41, 5.74) is 0.621. The van der Waals surface area contributed by atoms with Crippen molar-refractivity contribution >= 4 is 28.6 Å². The number of benzene rings is 3. The number of amides is 2. The molecule has 6 heteroatoms. The standard InChI is InChI=1S/C21H15NO5/c23-19(12-26-18-11-5-7-14-6-1-2-8-15(14)18)27-13-22-20(24)16-9-3-4-10-17(16)21(22)25/h1-11H,12-13H2. The predicted octanol–water partition coefficient (Wildman–Crippen LogP) is 3.02. The first-order valence-electron chi connectivity index (χ1n) is 8.36. The maximum Gasteiger partial charge on any atom is 0.345 e. The smallest absolute Gasteiger partial charge is 0.345 e. The van der Waals surface area contributed by atoms with Gasteiger partial charge in [-0.15, -0.1) is 0 Å². The van der Waals surface area contributed by atoms with Gasteiger partial charge in [-0.2, -0.15) is 0 Å². The first-order chi connectivity index (χ1) is 13.1. The predicted molar refractivity (Wildman–Crippen MR) is 97.3 cm³/mol. The lowest BCUT2D eigenvalue weighted by Gasteiger charge is -2.14. The SMILES string of the molecule is O=C(COc1cccc2ccccc12)OCN1C(=O)c2ccccc2C1=O. The van der Waals surface area contributed by atoms with Crippen molar-refractivity contribution in [1.82, 2.24) is 4.90 Å². The van der Waals surface area contributed by atoms with E-state index in [4.69, 9.17) is 9.47 Å². The van der Waals surface area contributed by atoms with E-state index in [1.165, 1.54) is 0 Å². The molecule has 0 aliphatic carbocycles. The molecule has 3 aromatic rings. The number of rotatable bonds is 5. The van der Waals surface area contributed by atoms with Gasteiger partial charge >= 0.3 is 5.97 Å². The monoisotopic (exact) mass is 361 g/mol. The third kappa shape index (κ3) is 3.13. The highest BCUT2D eigenvalue weighted by atomic mass is 16.6. The van der Waals surface area contributed by atoms with Crippen molar-refractivity contribution in [2.24, 2.45) is 0 Å². The molecule has 2 amide bonds. The van der Waals surface area contributed by atoms with Gasteiger partial charge in [-0.3, -0.25) is 9.59 Å². The number of carbonyl (C=O) groups is 3. The highest BCUT2D eigenvalue weighted by Gasteiger charge is 2.35. The molecule has 0 atom stereocenters. The van der Waals surface area contributed by atoms with E-state index < -0.39 is 24.5 Å². The van der Waals surface area contributed by atoms with Gasteiger partial charge in [0.25, 0.3) is 11.8 Å². The Morgan fingerprint density at radius 1 is 0.815 bits per heavy atom. The van der Waals surface area contributed by atoms with Crippen molar-refractivity contribution in [3.8, 4) is 5.75 Å². The van der Waals surface area contributed by atoms with Crippen LogP contribution in [0.1, 0.15) is 20.7 Å². The number of hydrogen-bond donors (Lipinski definition) is 0. The van der Waals surface area contributed by atoms with Crippen LogP contribution >= 0.6 is 0 Å². The van der Waals surface area contributed by atoms with Crippen molar-refractivity contribution in [3.05, 3.63) is 77.9 Å². The molecule has 134 valence electrons. The van der Waals surface area contributed by atoms with Gasteiger partial charge in [0.05, 0.1) is 11.1 Å². The van der Waals surface area contributed by atoms with Gasteiger partial charge < -0.3 is 9.47 Å². The molecule has 0 spiro atoms. The van der Waals surface area contributed by atoms with Gasteiger partial charge in [0.2, 0.25) is 0 Å². The molecule has 0 bridgehead atoms. The van der Waals surface area contributed by atoms with E-state index in [-0.39, 0.29) is 6.61 Å². The molecule has 27 heavy (non-hydrogen) atoms. The number of ether oxygens (including phenoxy) is 2. The Hall–Kier alpha value is -3.67. The second kappa shape index (κ2) is 6.92. The normalized spacial score (nSPS) is 13.0. The van der Waals surface area contributed by atoms with Crippen molar-refractivity contribution < 1.29 is 23.9 Å². The molecular weight excluding hydrogens is 346 g/mol. The molecule has 0 saturated heterocycles. The fourth-order valence-corrected chi connectivity index (χ4v) is 2.99. The number of hydrogen-bond acceptors (Lipinski definition) is 5. The molecule has 1 aliphatic heterocycles. The molecule has 0 N–H and O–H groups in total. The lowest BCUT2D eigenvalue weighted by molar-refractivity contribution is -0.148. The Labute approximate surface area is 154 Å². The third-order valence-corrected chi connectivity index (χ3v) is 4.33. The minimum atomic E-state index is -0.667. The first-order valence-corrected chi connectivity index (χ1v) is 8.36. The maximum atomic E-state index is 12.2. The highest BCUT2D eigenvalue weighted by molar-refractivity contribution is 6.21. The van der Waals surface area contributed by atoms with E-state index in [0.717, 1.165) is 15.7 Å². The summed E-state index contributed by atoms with van der Waals surface area (Å²) < 4.78 is 10.6. The second-order valence-electron chi connectivity index (χ2n) is 6.00. The minimum absolute atomic E-state index is 0.311. The summed E-state index contributed by atoms with van der Waals surface area (Å²) in [6.07, 6.45) is 0. The molecule has 0 fully saturated rings. The Morgan fingerprint density at radius 3 is 2.19 bits per heavy atom. The van der Waals surface area contributed by atoms with Crippen LogP contribution in [0.3, 0.4) is 0 Å².